The van der Waals surface area contributed by atoms with Gasteiger partial charge in [-0.2, -0.15) is 0 Å². The van der Waals surface area contributed by atoms with Gasteiger partial charge in [0.1, 0.15) is 0 Å². The third-order valence-electron chi connectivity index (χ3n) is 4.99. The summed E-state index contributed by atoms with van der Waals surface area (Å²) in [5, 5.41) is 6.83. The quantitative estimate of drug-likeness (QED) is 0.288. The molecule has 1 aliphatic carbocycles. The lowest BCUT2D eigenvalue weighted by atomic mass is 10.2. The van der Waals surface area contributed by atoms with Gasteiger partial charge in [-0.3, -0.25) is 4.99 Å². The number of fused-ring (bicyclic) bond motifs is 1. The number of rotatable bonds is 13. The number of ether oxygens (including phenoxy) is 4. The van der Waals surface area contributed by atoms with E-state index >= 15 is 0 Å². The molecule has 3 rings (SSSR count). The highest BCUT2D eigenvalue weighted by Crippen LogP contribution is 2.32. The summed E-state index contributed by atoms with van der Waals surface area (Å²) in [4.78, 5) is 4.73. The van der Waals surface area contributed by atoms with Crippen molar-refractivity contribution in [2.75, 3.05) is 58.0 Å². The molecule has 2 aliphatic rings. The van der Waals surface area contributed by atoms with Crippen molar-refractivity contribution in [2.45, 2.75) is 45.4 Å². The maximum Gasteiger partial charge on any atom is 0.195 e. The van der Waals surface area contributed by atoms with Crippen molar-refractivity contribution in [3.63, 3.8) is 0 Å². The van der Waals surface area contributed by atoms with Crippen molar-refractivity contribution in [1.82, 2.24) is 5.32 Å². The van der Waals surface area contributed by atoms with Crippen LogP contribution in [-0.4, -0.2) is 58.7 Å². The van der Waals surface area contributed by atoms with Crippen LogP contribution in [0.1, 0.15) is 45.4 Å². The third kappa shape index (κ3) is 8.79. The van der Waals surface area contributed by atoms with Crippen LogP contribution < -0.4 is 20.1 Å². The van der Waals surface area contributed by atoms with Gasteiger partial charge in [0.05, 0.1) is 13.2 Å². The van der Waals surface area contributed by atoms with Crippen molar-refractivity contribution in [2.24, 2.45) is 10.9 Å². The fraction of sp³-hybridized carbons (Fsp3) is 0.696. The van der Waals surface area contributed by atoms with Gasteiger partial charge in [0, 0.05) is 57.7 Å². The van der Waals surface area contributed by atoms with E-state index in [-0.39, 0.29) is 0 Å². The average Bonchev–Trinajstić information content (AvgIpc) is 3.59. The lowest BCUT2D eigenvalue weighted by Crippen LogP contribution is -2.32. The highest BCUT2D eigenvalue weighted by atomic mass is 16.5. The van der Waals surface area contributed by atoms with Gasteiger partial charge in [0.2, 0.25) is 0 Å². The topological polar surface area (TPSA) is 73.3 Å². The molecule has 1 aromatic rings. The van der Waals surface area contributed by atoms with E-state index < -0.39 is 0 Å². The standard InChI is InChI=1S/C23H37N3O4/c1-2-27-13-4-3-11-24-23(25-12-5-14-28-18-19-7-8-19)26-20-9-10-21-22(17-20)30-16-6-15-29-21/h9-10,17,19H,2-8,11-16,18H2,1H3,(H2,24,25,26). The molecule has 1 aliphatic heterocycles. The Hall–Kier alpha value is -1.99. The molecule has 0 radical (unpaired) electrons. The van der Waals surface area contributed by atoms with Crippen LogP contribution in [0, 0.1) is 5.92 Å². The molecule has 0 amide bonds. The fourth-order valence-corrected chi connectivity index (χ4v) is 3.09. The molecule has 168 valence electrons. The number of aliphatic imine (C=N–C) groups is 1. The zero-order valence-electron chi connectivity index (χ0n) is 18.3. The summed E-state index contributed by atoms with van der Waals surface area (Å²) in [5.41, 5.74) is 0.935. The van der Waals surface area contributed by atoms with E-state index in [9.17, 15) is 0 Å². The van der Waals surface area contributed by atoms with E-state index in [1.807, 2.05) is 25.1 Å². The summed E-state index contributed by atoms with van der Waals surface area (Å²) in [6, 6.07) is 5.93. The Morgan fingerprint density at radius 3 is 2.73 bits per heavy atom. The molecule has 7 nitrogen and oxygen atoms in total. The molecule has 0 unspecified atom stereocenters. The second-order valence-electron chi connectivity index (χ2n) is 7.77. The number of unbranched alkanes of at least 4 members (excludes halogenated alkanes) is 1. The Bertz CT molecular complexity index is 649. The molecule has 2 N–H and O–H groups in total. The highest BCUT2D eigenvalue weighted by Gasteiger charge is 2.20. The number of benzene rings is 1. The minimum absolute atomic E-state index is 0.677. The first-order valence-corrected chi connectivity index (χ1v) is 11.5. The van der Waals surface area contributed by atoms with Crippen LogP contribution >= 0.6 is 0 Å². The number of nitrogens with zero attached hydrogens (tertiary/aromatic N) is 1. The first-order valence-electron chi connectivity index (χ1n) is 11.5. The fourth-order valence-electron chi connectivity index (χ4n) is 3.09. The molecule has 7 heteroatoms. The van der Waals surface area contributed by atoms with Crippen molar-refractivity contribution >= 4 is 11.6 Å². The number of hydrogen-bond donors (Lipinski definition) is 2. The van der Waals surface area contributed by atoms with Crippen molar-refractivity contribution < 1.29 is 18.9 Å². The highest BCUT2D eigenvalue weighted by molar-refractivity contribution is 5.93. The SMILES string of the molecule is CCOCCCCNC(=NCCCOCC1CC1)Nc1ccc2c(c1)OCCCO2. The Morgan fingerprint density at radius 1 is 1.07 bits per heavy atom. The molecule has 0 bridgehead atoms. The molecule has 1 fully saturated rings. The van der Waals surface area contributed by atoms with Crippen molar-refractivity contribution in [1.29, 1.82) is 0 Å². The van der Waals surface area contributed by atoms with Gasteiger partial charge in [-0.05, 0) is 57.1 Å². The Balaban J connectivity index is 1.48. The summed E-state index contributed by atoms with van der Waals surface area (Å²) < 4.78 is 22.6. The molecule has 1 saturated carbocycles. The molecular weight excluding hydrogens is 382 g/mol. The van der Waals surface area contributed by atoms with Crippen LogP contribution in [0.25, 0.3) is 0 Å². The molecule has 0 saturated heterocycles. The Morgan fingerprint density at radius 2 is 1.90 bits per heavy atom. The lowest BCUT2D eigenvalue weighted by Gasteiger charge is -2.15. The van der Waals surface area contributed by atoms with Crippen molar-refractivity contribution in [3.05, 3.63) is 18.2 Å². The van der Waals surface area contributed by atoms with Gasteiger partial charge >= 0.3 is 0 Å². The van der Waals surface area contributed by atoms with E-state index in [1.165, 1.54) is 12.8 Å². The second-order valence-corrected chi connectivity index (χ2v) is 7.77. The molecule has 0 spiro atoms. The number of anilines is 1. The molecule has 1 heterocycles. The first-order chi connectivity index (χ1) is 14.8. The third-order valence-corrected chi connectivity index (χ3v) is 4.99. The summed E-state index contributed by atoms with van der Waals surface area (Å²) in [7, 11) is 0. The summed E-state index contributed by atoms with van der Waals surface area (Å²) in [6.07, 6.45) is 6.55. The summed E-state index contributed by atoms with van der Waals surface area (Å²) in [6.45, 7) is 8.22. The maximum atomic E-state index is 5.80. The van der Waals surface area contributed by atoms with Gasteiger partial charge in [-0.1, -0.05) is 0 Å². The first kappa shape index (κ1) is 22.7. The summed E-state index contributed by atoms with van der Waals surface area (Å²) >= 11 is 0. The van der Waals surface area contributed by atoms with Gasteiger partial charge in [-0.15, -0.1) is 0 Å². The average molecular weight is 420 g/mol. The van der Waals surface area contributed by atoms with E-state index in [0.29, 0.717) is 13.2 Å². The van der Waals surface area contributed by atoms with E-state index in [1.54, 1.807) is 0 Å². The molecule has 0 atom stereocenters. The van der Waals surface area contributed by atoms with Gasteiger partial charge in [-0.25, -0.2) is 0 Å². The largest absolute Gasteiger partial charge is 0.490 e. The van der Waals surface area contributed by atoms with Crippen molar-refractivity contribution in [3.8, 4) is 11.5 Å². The smallest absolute Gasteiger partial charge is 0.195 e. The van der Waals surface area contributed by atoms with Gasteiger partial charge in [0.15, 0.2) is 17.5 Å². The van der Waals surface area contributed by atoms with Crippen LogP contribution in [0.4, 0.5) is 5.69 Å². The van der Waals surface area contributed by atoms with Crippen LogP contribution in [0.2, 0.25) is 0 Å². The van der Waals surface area contributed by atoms with Crippen LogP contribution in [0.3, 0.4) is 0 Å². The van der Waals surface area contributed by atoms with Gasteiger partial charge < -0.3 is 29.6 Å². The number of hydrogen-bond acceptors (Lipinski definition) is 5. The molecule has 1 aromatic carbocycles. The maximum absolute atomic E-state index is 5.80. The monoisotopic (exact) mass is 419 g/mol. The second kappa shape index (κ2) is 13.3. The summed E-state index contributed by atoms with van der Waals surface area (Å²) in [5.74, 6) is 3.17. The lowest BCUT2D eigenvalue weighted by molar-refractivity contribution is 0.123. The normalized spacial score (nSPS) is 16.2. The number of guanidine groups is 1. The molecule has 0 aromatic heterocycles. The van der Waals surface area contributed by atoms with Gasteiger partial charge in [0.25, 0.3) is 0 Å². The Labute approximate surface area is 180 Å². The van der Waals surface area contributed by atoms with E-state index in [0.717, 1.165) is 94.3 Å². The minimum Gasteiger partial charge on any atom is -0.490 e. The zero-order chi connectivity index (χ0) is 20.9. The molecule has 30 heavy (non-hydrogen) atoms. The predicted octanol–water partition coefficient (Wildman–Crippen LogP) is 3.84. The predicted molar refractivity (Wildman–Crippen MR) is 120 cm³/mol. The number of nitrogens with one attached hydrogen (secondary N) is 2. The minimum atomic E-state index is 0.677. The zero-order valence-corrected chi connectivity index (χ0v) is 18.3. The van der Waals surface area contributed by atoms with Crippen LogP contribution in [-0.2, 0) is 9.47 Å². The van der Waals surface area contributed by atoms with E-state index in [2.05, 4.69) is 10.6 Å². The van der Waals surface area contributed by atoms with E-state index in [4.69, 9.17) is 23.9 Å². The Kier molecular flexibility index (Phi) is 10.1. The molecular formula is C23H37N3O4. The van der Waals surface area contributed by atoms with Crippen LogP contribution in [0.15, 0.2) is 23.2 Å². The van der Waals surface area contributed by atoms with Crippen LogP contribution in [0.5, 0.6) is 11.5 Å².